The second kappa shape index (κ2) is 10.8. The number of hydrogen-bond acceptors (Lipinski definition) is 7. The summed E-state index contributed by atoms with van der Waals surface area (Å²) in [6.45, 7) is 0. The summed E-state index contributed by atoms with van der Waals surface area (Å²) in [7, 11) is 4.81. The normalized spacial score (nSPS) is 10.8. The van der Waals surface area contributed by atoms with Gasteiger partial charge in [0, 0.05) is 50.4 Å². The van der Waals surface area contributed by atoms with Crippen LogP contribution in [0.1, 0.15) is 10.4 Å². The molecule has 3 aromatic heterocycles. The molecule has 9 nitrogen and oxygen atoms in total. The Morgan fingerprint density at radius 2 is 1.77 bits per heavy atom. The molecule has 2 N–H and O–H groups in total. The van der Waals surface area contributed by atoms with Gasteiger partial charge < -0.3 is 24.7 Å². The highest BCUT2D eigenvalue weighted by Gasteiger charge is 2.21. The summed E-state index contributed by atoms with van der Waals surface area (Å²) in [5, 5.41) is 5.50. The van der Waals surface area contributed by atoms with Gasteiger partial charge in [0.05, 0.1) is 24.4 Å². The first-order valence-electron chi connectivity index (χ1n) is 12.0. The van der Waals surface area contributed by atoms with Crippen LogP contribution in [0.25, 0.3) is 22.2 Å². The van der Waals surface area contributed by atoms with Gasteiger partial charge in [0.25, 0.3) is 5.91 Å². The van der Waals surface area contributed by atoms with Gasteiger partial charge in [-0.1, -0.05) is 12.1 Å². The summed E-state index contributed by atoms with van der Waals surface area (Å²) in [5.74, 6) is -0.801. The number of carbonyl (C=O) groups is 1. The van der Waals surface area contributed by atoms with Crippen molar-refractivity contribution in [1.29, 1.82) is 0 Å². The second-order valence-corrected chi connectivity index (χ2v) is 8.72. The third-order valence-electron chi connectivity index (χ3n) is 6.16. The largest absolute Gasteiger partial charge is 0.495 e. The predicted molar refractivity (Wildman–Crippen MR) is 147 cm³/mol. The molecule has 0 atom stereocenters. The average Bonchev–Trinajstić information content (AvgIpc) is 2.95. The topological polar surface area (TPSA) is 107 Å². The fourth-order valence-corrected chi connectivity index (χ4v) is 4.24. The van der Waals surface area contributed by atoms with Crippen LogP contribution in [0.3, 0.4) is 0 Å². The highest BCUT2D eigenvalue weighted by molar-refractivity contribution is 6.05. The highest BCUT2D eigenvalue weighted by Crippen LogP contribution is 2.32. The van der Waals surface area contributed by atoms with Crippen LogP contribution in [0.5, 0.6) is 17.2 Å². The molecule has 0 radical (unpaired) electrons. The molecule has 202 valence electrons. The minimum Gasteiger partial charge on any atom is -0.495 e. The number of methoxy groups -OCH3 is 1. The van der Waals surface area contributed by atoms with E-state index in [4.69, 9.17) is 9.47 Å². The van der Waals surface area contributed by atoms with Gasteiger partial charge in [-0.3, -0.25) is 14.6 Å². The Balaban J connectivity index is 1.42. The van der Waals surface area contributed by atoms with E-state index in [-0.39, 0.29) is 28.3 Å². The molecule has 11 heteroatoms. The number of aromatic nitrogens is 3. The van der Waals surface area contributed by atoms with E-state index in [0.29, 0.717) is 28.2 Å². The van der Waals surface area contributed by atoms with Crippen LogP contribution in [-0.4, -0.2) is 34.6 Å². The molecule has 0 aliphatic heterocycles. The van der Waals surface area contributed by atoms with Crippen LogP contribution in [0.2, 0.25) is 0 Å². The van der Waals surface area contributed by atoms with Crippen LogP contribution < -0.4 is 25.5 Å². The van der Waals surface area contributed by atoms with Crippen molar-refractivity contribution >= 4 is 28.4 Å². The van der Waals surface area contributed by atoms with Gasteiger partial charge in [0.1, 0.15) is 28.5 Å². The molecule has 2 aromatic carbocycles. The summed E-state index contributed by atoms with van der Waals surface area (Å²) >= 11 is 0. The Morgan fingerprint density at radius 1 is 1.00 bits per heavy atom. The highest BCUT2D eigenvalue weighted by atomic mass is 19.1. The number of halogens is 2. The number of rotatable bonds is 7. The van der Waals surface area contributed by atoms with Gasteiger partial charge in [-0.15, -0.1) is 0 Å². The maximum Gasteiger partial charge on any atom is 0.261 e. The smallest absolute Gasteiger partial charge is 0.261 e. The number of benzene rings is 2. The molecule has 0 spiro atoms. The van der Waals surface area contributed by atoms with Crippen molar-refractivity contribution in [3.05, 3.63) is 101 Å². The second-order valence-electron chi connectivity index (χ2n) is 8.72. The molecule has 3 heterocycles. The number of hydrogen-bond donors (Lipinski definition) is 2. The van der Waals surface area contributed by atoms with Crippen molar-refractivity contribution < 1.29 is 23.0 Å². The Morgan fingerprint density at radius 3 is 2.48 bits per heavy atom. The lowest BCUT2D eigenvalue weighted by Gasteiger charge is -2.16. The van der Waals surface area contributed by atoms with Crippen LogP contribution in [0, 0.1) is 11.6 Å². The van der Waals surface area contributed by atoms with Crippen LogP contribution >= 0.6 is 0 Å². The monoisotopic (exact) mass is 543 g/mol. The molecular weight excluding hydrogens is 520 g/mol. The van der Waals surface area contributed by atoms with Gasteiger partial charge in [-0.25, -0.2) is 13.8 Å². The lowest BCUT2D eigenvalue weighted by Crippen LogP contribution is -2.26. The van der Waals surface area contributed by atoms with Crippen LogP contribution in [0.15, 0.2) is 78.0 Å². The minimum absolute atomic E-state index is 0.101. The number of fused-ring (bicyclic) bond motifs is 1. The molecule has 40 heavy (non-hydrogen) atoms. The molecule has 0 saturated heterocycles. The number of pyridine rings is 3. The predicted octanol–water partition coefficient (Wildman–Crippen LogP) is 5.37. The Bertz CT molecular complexity index is 1810. The Kier molecular flexibility index (Phi) is 7.11. The maximum atomic E-state index is 15.0. The zero-order chi connectivity index (χ0) is 28.4. The summed E-state index contributed by atoms with van der Waals surface area (Å²) < 4.78 is 41.0. The van der Waals surface area contributed by atoms with Crippen molar-refractivity contribution in [2.45, 2.75) is 0 Å². The minimum atomic E-state index is -0.748. The molecule has 0 saturated carbocycles. The van der Waals surface area contributed by atoms with Crippen LogP contribution in [0.4, 0.5) is 20.3 Å². The van der Waals surface area contributed by atoms with E-state index in [1.54, 1.807) is 30.8 Å². The van der Waals surface area contributed by atoms with E-state index in [9.17, 15) is 14.0 Å². The number of nitrogens with zero attached hydrogens (tertiary/aromatic N) is 3. The Hall–Kier alpha value is -5.32. The van der Waals surface area contributed by atoms with Gasteiger partial charge in [-0.05, 0) is 29.8 Å². The maximum absolute atomic E-state index is 15.0. The van der Waals surface area contributed by atoms with Crippen molar-refractivity contribution in [3.8, 4) is 28.4 Å². The van der Waals surface area contributed by atoms with Crippen molar-refractivity contribution in [3.63, 3.8) is 0 Å². The SMILES string of the molecule is CNc1c(-c2ccc(F)cc2)c(=O)c(C(=O)Nc2ccc(Oc3ccnc4cc(OC)cnc34)c(F)c2)cn1C. The third-order valence-corrected chi connectivity index (χ3v) is 6.16. The van der Waals surface area contributed by atoms with Crippen LogP contribution in [-0.2, 0) is 7.05 Å². The first-order chi connectivity index (χ1) is 19.3. The van der Waals surface area contributed by atoms with Gasteiger partial charge >= 0.3 is 0 Å². The molecule has 0 bridgehead atoms. The summed E-state index contributed by atoms with van der Waals surface area (Å²) in [6.07, 6.45) is 4.38. The fourth-order valence-electron chi connectivity index (χ4n) is 4.24. The first kappa shape index (κ1) is 26.3. The summed E-state index contributed by atoms with van der Waals surface area (Å²) in [4.78, 5) is 35.0. The van der Waals surface area contributed by atoms with Crippen molar-refractivity contribution in [1.82, 2.24) is 14.5 Å². The fraction of sp³-hybridized carbons (Fsp3) is 0.103. The molecule has 0 unspecified atom stereocenters. The first-order valence-corrected chi connectivity index (χ1v) is 12.0. The van der Waals surface area contributed by atoms with E-state index < -0.39 is 23.0 Å². The lowest BCUT2D eigenvalue weighted by atomic mass is 10.0. The quantitative estimate of drug-likeness (QED) is 0.284. The Labute approximate surface area is 227 Å². The van der Waals surface area contributed by atoms with E-state index in [0.717, 1.165) is 6.07 Å². The van der Waals surface area contributed by atoms with Crippen molar-refractivity contribution in [2.75, 3.05) is 24.8 Å². The molecular formula is C29H23F2N5O4. The van der Waals surface area contributed by atoms with E-state index in [2.05, 4.69) is 20.6 Å². The molecule has 1 amide bonds. The molecule has 5 rings (SSSR count). The average molecular weight is 544 g/mol. The van der Waals surface area contributed by atoms with E-state index in [1.165, 1.54) is 62.1 Å². The van der Waals surface area contributed by atoms with Crippen molar-refractivity contribution in [2.24, 2.45) is 7.05 Å². The van der Waals surface area contributed by atoms with Gasteiger partial charge in [-0.2, -0.15) is 0 Å². The van der Waals surface area contributed by atoms with Gasteiger partial charge in [0.15, 0.2) is 17.3 Å². The van der Waals surface area contributed by atoms with E-state index in [1.807, 2.05) is 0 Å². The summed E-state index contributed by atoms with van der Waals surface area (Å²) in [6, 6.07) is 12.5. The van der Waals surface area contributed by atoms with E-state index >= 15 is 4.39 Å². The number of ether oxygens (including phenoxy) is 2. The molecule has 0 fully saturated rings. The number of nitrogens with one attached hydrogen (secondary N) is 2. The standard InChI is InChI=1S/C29H23F2N5O4/c1-32-28-25(16-4-6-17(30)7-5-16)27(37)20(15-36(28)2)29(38)35-18-8-9-23(21(31)12-18)40-24-10-11-33-22-13-19(39-3)14-34-26(22)24/h4-15,32H,1-3H3,(H,35,38). The summed E-state index contributed by atoms with van der Waals surface area (Å²) in [5.41, 5.74) is 0.922. The zero-order valence-electron chi connectivity index (χ0n) is 21.7. The molecule has 0 aliphatic carbocycles. The number of aryl methyl sites for hydroxylation is 1. The third kappa shape index (κ3) is 5.04. The zero-order valence-corrected chi connectivity index (χ0v) is 21.7. The molecule has 5 aromatic rings. The van der Waals surface area contributed by atoms with Gasteiger partial charge in [0.2, 0.25) is 5.43 Å². The number of anilines is 2. The lowest BCUT2D eigenvalue weighted by molar-refractivity contribution is 0.102. The molecule has 0 aliphatic rings. The number of amides is 1. The number of carbonyl (C=O) groups excluding carboxylic acids is 1.